The maximum absolute atomic E-state index is 14.0. The van der Waals surface area contributed by atoms with E-state index in [1.165, 1.54) is 6.07 Å². The second-order valence-electron chi connectivity index (χ2n) is 7.10. The highest BCUT2D eigenvalue weighted by atomic mass is 32.1. The van der Waals surface area contributed by atoms with Crippen LogP contribution >= 0.6 is 11.5 Å². The number of nitrogens with one attached hydrogen (secondary N) is 2. The molecule has 11 heteroatoms. The first-order valence-corrected chi connectivity index (χ1v) is 10.6. The highest BCUT2D eigenvalue weighted by Crippen LogP contribution is 2.31. The molecule has 1 aliphatic heterocycles. The van der Waals surface area contributed by atoms with Crippen molar-refractivity contribution in [3.8, 4) is 5.88 Å². The van der Waals surface area contributed by atoms with E-state index >= 15 is 0 Å². The van der Waals surface area contributed by atoms with Crippen molar-refractivity contribution in [1.29, 1.82) is 0 Å². The average Bonchev–Trinajstić information content (AvgIpc) is 3.30. The fourth-order valence-electron chi connectivity index (χ4n) is 3.12. The van der Waals surface area contributed by atoms with Gasteiger partial charge in [-0.3, -0.25) is 10.1 Å². The van der Waals surface area contributed by atoms with Crippen LogP contribution in [0.2, 0.25) is 0 Å². The van der Waals surface area contributed by atoms with E-state index in [9.17, 15) is 23.9 Å². The molecule has 0 unspecified atom stereocenters. The van der Waals surface area contributed by atoms with Crippen molar-refractivity contribution in [2.45, 2.75) is 32.8 Å². The van der Waals surface area contributed by atoms with E-state index in [2.05, 4.69) is 15.0 Å². The number of carboxylic acids is 1. The van der Waals surface area contributed by atoms with Gasteiger partial charge in [0.1, 0.15) is 17.4 Å². The number of benzene rings is 1. The van der Waals surface area contributed by atoms with Crippen molar-refractivity contribution in [1.82, 2.24) is 14.6 Å². The molecule has 1 fully saturated rings. The lowest BCUT2D eigenvalue weighted by molar-refractivity contribution is -0.127. The minimum absolute atomic E-state index is 0.0131. The minimum atomic E-state index is -1.32. The van der Waals surface area contributed by atoms with Crippen LogP contribution in [0, 0.1) is 12.7 Å². The van der Waals surface area contributed by atoms with Crippen LogP contribution in [-0.4, -0.2) is 51.9 Å². The zero-order chi connectivity index (χ0) is 22.4. The molecule has 0 radical (unpaired) electrons. The van der Waals surface area contributed by atoms with Crippen LogP contribution in [-0.2, 0) is 11.4 Å². The number of aromatic carboxylic acids is 1. The summed E-state index contributed by atoms with van der Waals surface area (Å²) < 4.78 is 23.3. The predicted octanol–water partition coefficient (Wildman–Crippen LogP) is 3.00. The van der Waals surface area contributed by atoms with Crippen molar-refractivity contribution >= 4 is 34.4 Å². The molecule has 3 N–H and O–H groups in total. The average molecular weight is 450 g/mol. The molecule has 2 heterocycles. The summed E-state index contributed by atoms with van der Waals surface area (Å²) in [5.41, 5.74) is 0.722. The number of halogens is 1. The number of nitrogens with zero attached hydrogens (tertiary/aromatic N) is 2. The standard InChI is InChI=1S/C20H23FN4O5S/c1-12-5-6-13(14(21)10-12)11-30-17-16(19(27)28)18(31-24-17)23-20(29)22-7-3-9-25-8-2-4-15(25)26/h5-6,10H,2-4,7-9,11H2,1H3,(H,27,28)(H2,22,23,29). The van der Waals surface area contributed by atoms with Crippen molar-refractivity contribution < 1.29 is 28.6 Å². The summed E-state index contributed by atoms with van der Waals surface area (Å²) in [5, 5.41) is 14.6. The summed E-state index contributed by atoms with van der Waals surface area (Å²) in [5.74, 6) is -1.85. The van der Waals surface area contributed by atoms with Crippen molar-refractivity contribution in [3.05, 3.63) is 40.7 Å². The summed E-state index contributed by atoms with van der Waals surface area (Å²) in [6.45, 7) is 3.19. The molecule has 2 aromatic rings. The van der Waals surface area contributed by atoms with Gasteiger partial charge in [0.2, 0.25) is 11.8 Å². The number of carbonyl (C=O) groups is 3. The van der Waals surface area contributed by atoms with E-state index in [4.69, 9.17) is 4.74 Å². The predicted molar refractivity (Wildman–Crippen MR) is 112 cm³/mol. The summed E-state index contributed by atoms with van der Waals surface area (Å²) in [4.78, 5) is 37.1. The van der Waals surface area contributed by atoms with E-state index in [0.717, 1.165) is 30.1 Å². The number of aromatic nitrogens is 1. The molecule has 1 aromatic heterocycles. The minimum Gasteiger partial charge on any atom is -0.477 e. The van der Waals surface area contributed by atoms with Gasteiger partial charge in [-0.05, 0) is 42.9 Å². The van der Waals surface area contributed by atoms with Crippen LogP contribution in [0.25, 0.3) is 0 Å². The molecular weight excluding hydrogens is 427 g/mol. The number of hydrogen-bond donors (Lipinski definition) is 3. The normalized spacial score (nSPS) is 13.4. The molecule has 31 heavy (non-hydrogen) atoms. The molecule has 1 aromatic carbocycles. The summed E-state index contributed by atoms with van der Waals surface area (Å²) in [7, 11) is 0. The molecule has 1 saturated heterocycles. The van der Waals surface area contributed by atoms with Crippen LogP contribution in [0.4, 0.5) is 14.2 Å². The zero-order valence-electron chi connectivity index (χ0n) is 16.9. The number of ether oxygens (including phenoxy) is 1. The number of urea groups is 1. The summed E-state index contributed by atoms with van der Waals surface area (Å²) >= 11 is 0.760. The zero-order valence-corrected chi connectivity index (χ0v) is 17.8. The summed E-state index contributed by atoms with van der Waals surface area (Å²) in [6, 6.07) is 4.04. The van der Waals surface area contributed by atoms with Gasteiger partial charge in [-0.25, -0.2) is 14.0 Å². The molecule has 3 rings (SSSR count). The Kier molecular flexibility index (Phi) is 7.40. The molecule has 0 spiro atoms. The van der Waals surface area contributed by atoms with Gasteiger partial charge in [0.15, 0.2) is 5.56 Å². The number of amides is 3. The Bertz CT molecular complexity index is 980. The fraction of sp³-hybridized carbons (Fsp3) is 0.400. The Morgan fingerprint density at radius 2 is 2.19 bits per heavy atom. The smallest absolute Gasteiger partial charge is 0.344 e. The molecule has 1 aliphatic rings. The first-order chi connectivity index (χ1) is 14.8. The number of aryl methyl sites for hydroxylation is 1. The Labute approximate surface area is 182 Å². The second kappa shape index (κ2) is 10.2. The quantitative estimate of drug-likeness (QED) is 0.505. The number of carboxylic acid groups (broad SMARTS) is 1. The summed E-state index contributed by atoms with van der Waals surface area (Å²) in [6.07, 6.45) is 2.01. The molecule has 3 amide bonds. The van der Waals surface area contributed by atoms with Gasteiger partial charge in [-0.15, -0.1) is 0 Å². The molecule has 166 valence electrons. The first-order valence-electron chi connectivity index (χ1n) is 9.78. The van der Waals surface area contributed by atoms with Gasteiger partial charge >= 0.3 is 12.0 Å². The van der Waals surface area contributed by atoms with E-state index in [0.29, 0.717) is 25.9 Å². The van der Waals surface area contributed by atoms with E-state index in [1.54, 1.807) is 24.0 Å². The SMILES string of the molecule is Cc1ccc(COc2nsc(NC(=O)NCCCN3CCCC3=O)c2C(=O)O)c(F)c1. The van der Waals surface area contributed by atoms with Crippen LogP contribution in [0.15, 0.2) is 18.2 Å². The highest BCUT2D eigenvalue weighted by molar-refractivity contribution is 7.11. The third kappa shape index (κ3) is 5.91. The largest absolute Gasteiger partial charge is 0.477 e. The Balaban J connectivity index is 1.53. The molecular formula is C20H23FN4O5S. The maximum Gasteiger partial charge on any atom is 0.344 e. The Hall–Kier alpha value is -3.21. The number of likely N-dealkylation sites (tertiary alicyclic amines) is 1. The second-order valence-corrected chi connectivity index (χ2v) is 7.87. The monoisotopic (exact) mass is 450 g/mol. The third-order valence-corrected chi connectivity index (χ3v) is 5.48. The number of anilines is 1. The van der Waals surface area contributed by atoms with Gasteiger partial charge < -0.3 is 20.1 Å². The van der Waals surface area contributed by atoms with Crippen LogP contribution in [0.3, 0.4) is 0 Å². The van der Waals surface area contributed by atoms with E-state index < -0.39 is 17.8 Å². The van der Waals surface area contributed by atoms with Gasteiger partial charge in [0.25, 0.3) is 0 Å². The topological polar surface area (TPSA) is 121 Å². The number of hydrogen-bond acceptors (Lipinski definition) is 6. The Morgan fingerprint density at radius 1 is 1.39 bits per heavy atom. The maximum atomic E-state index is 14.0. The van der Waals surface area contributed by atoms with E-state index in [-0.39, 0.29) is 34.5 Å². The number of carbonyl (C=O) groups excluding carboxylic acids is 2. The van der Waals surface area contributed by atoms with Crippen molar-refractivity contribution in [3.63, 3.8) is 0 Å². The van der Waals surface area contributed by atoms with Crippen LogP contribution in [0.5, 0.6) is 5.88 Å². The fourth-order valence-corrected chi connectivity index (χ4v) is 3.85. The van der Waals surface area contributed by atoms with Gasteiger partial charge in [0, 0.05) is 31.6 Å². The molecule has 0 atom stereocenters. The van der Waals surface area contributed by atoms with Gasteiger partial charge in [-0.1, -0.05) is 12.1 Å². The lowest BCUT2D eigenvalue weighted by Crippen LogP contribution is -2.33. The van der Waals surface area contributed by atoms with Gasteiger partial charge in [0.05, 0.1) is 0 Å². The molecule has 0 saturated carbocycles. The first kappa shape index (κ1) is 22.5. The van der Waals surface area contributed by atoms with Crippen LogP contribution in [0.1, 0.15) is 40.7 Å². The van der Waals surface area contributed by atoms with Crippen molar-refractivity contribution in [2.75, 3.05) is 25.0 Å². The highest BCUT2D eigenvalue weighted by Gasteiger charge is 2.24. The number of rotatable bonds is 9. The van der Waals surface area contributed by atoms with Crippen LogP contribution < -0.4 is 15.4 Å². The lowest BCUT2D eigenvalue weighted by atomic mass is 10.1. The lowest BCUT2D eigenvalue weighted by Gasteiger charge is -2.15. The van der Waals surface area contributed by atoms with Gasteiger partial charge in [-0.2, -0.15) is 4.37 Å². The Morgan fingerprint density at radius 3 is 2.87 bits per heavy atom. The third-order valence-electron chi connectivity index (χ3n) is 4.74. The molecule has 9 nitrogen and oxygen atoms in total. The molecule has 0 bridgehead atoms. The van der Waals surface area contributed by atoms with Crippen molar-refractivity contribution in [2.24, 2.45) is 0 Å². The van der Waals surface area contributed by atoms with E-state index in [1.807, 2.05) is 0 Å². The molecule has 0 aliphatic carbocycles.